The lowest BCUT2D eigenvalue weighted by atomic mass is 9.89. The Hall–Kier alpha value is -6.02. The van der Waals surface area contributed by atoms with Crippen molar-refractivity contribution in [3.63, 3.8) is 0 Å². The van der Waals surface area contributed by atoms with Gasteiger partial charge in [-0.05, 0) is 95.9 Å². The van der Waals surface area contributed by atoms with E-state index in [2.05, 4.69) is 189 Å². The summed E-state index contributed by atoms with van der Waals surface area (Å²) in [6.07, 6.45) is 9.49. The normalized spacial score (nSPS) is 16.8. The molecule has 50 heavy (non-hydrogen) atoms. The SMILES string of the molecule is C=C1/C=C\C=C/C/C(c2ccc(-c3cccc4c3sc3ccccc34)cc2)=c2/cccc/c2=C/1c1cccc(-c2ccc3ccccc3c2)c1. The van der Waals surface area contributed by atoms with Crippen LogP contribution in [0.4, 0.5) is 0 Å². The summed E-state index contributed by atoms with van der Waals surface area (Å²) in [5.74, 6) is 0. The predicted octanol–water partition coefficient (Wildman–Crippen LogP) is 12.0. The van der Waals surface area contributed by atoms with E-state index in [1.807, 2.05) is 11.3 Å². The maximum atomic E-state index is 4.61. The predicted molar refractivity (Wildman–Crippen MR) is 217 cm³/mol. The molecule has 1 aliphatic rings. The van der Waals surface area contributed by atoms with Gasteiger partial charge in [-0.1, -0.05) is 170 Å². The number of benzene rings is 7. The fourth-order valence-corrected chi connectivity index (χ4v) is 8.67. The monoisotopic (exact) mass is 654 g/mol. The zero-order valence-corrected chi connectivity index (χ0v) is 28.5. The van der Waals surface area contributed by atoms with Crippen molar-refractivity contribution >= 4 is 53.4 Å². The Bertz CT molecular complexity index is 2790. The molecule has 1 heterocycles. The molecule has 0 saturated carbocycles. The minimum Gasteiger partial charge on any atom is -0.135 e. The van der Waals surface area contributed by atoms with E-state index in [-0.39, 0.29) is 0 Å². The number of rotatable bonds is 4. The lowest BCUT2D eigenvalue weighted by Gasteiger charge is -2.14. The summed E-state index contributed by atoms with van der Waals surface area (Å²) in [7, 11) is 0. The first-order valence-electron chi connectivity index (χ1n) is 17.2. The van der Waals surface area contributed by atoms with Crippen molar-refractivity contribution in [1.82, 2.24) is 0 Å². The maximum Gasteiger partial charge on any atom is 0.0433 e. The van der Waals surface area contributed by atoms with Gasteiger partial charge < -0.3 is 0 Å². The first-order valence-corrected chi connectivity index (χ1v) is 18.0. The van der Waals surface area contributed by atoms with Gasteiger partial charge >= 0.3 is 0 Å². The van der Waals surface area contributed by atoms with Crippen molar-refractivity contribution in [3.8, 4) is 22.3 Å². The topological polar surface area (TPSA) is 0 Å². The van der Waals surface area contributed by atoms with Gasteiger partial charge in [-0.3, -0.25) is 0 Å². The van der Waals surface area contributed by atoms with Gasteiger partial charge in [0, 0.05) is 20.2 Å². The highest BCUT2D eigenvalue weighted by Gasteiger charge is 2.13. The molecule has 0 nitrogen and oxygen atoms in total. The molecular weight excluding hydrogens is 621 g/mol. The minimum atomic E-state index is 0.823. The van der Waals surface area contributed by atoms with Crippen LogP contribution in [0, 0.1) is 0 Å². The molecule has 0 fully saturated rings. The maximum absolute atomic E-state index is 4.61. The van der Waals surface area contributed by atoms with Crippen LogP contribution in [-0.2, 0) is 0 Å². The summed E-state index contributed by atoms with van der Waals surface area (Å²) >= 11 is 1.88. The standard InChI is InChI=1S/C49H34S/c1-33-13-3-2-4-18-41(35-26-28-36(29-27-35)42-22-12-23-46-44-20-9-10-24-47(44)50-49(42)46)43-19-7-8-21-45(43)48(33)40-17-11-16-38(32-40)39-30-25-34-14-5-6-15-37(34)31-39/h2-17,19-32H,1,18H2/b4-2-,13-3-,43-41+,48-45+. The molecule has 0 amide bonds. The second-order valence-corrected chi connectivity index (χ2v) is 14.0. The Kier molecular flexibility index (Phi) is 7.69. The van der Waals surface area contributed by atoms with Crippen LogP contribution in [0.1, 0.15) is 17.5 Å². The number of thiophene rings is 1. The summed E-state index contributed by atoms with van der Waals surface area (Å²) in [5, 5.41) is 7.59. The summed E-state index contributed by atoms with van der Waals surface area (Å²) in [4.78, 5) is 0. The first-order chi connectivity index (χ1) is 24.7. The molecule has 8 aromatic rings. The molecule has 9 rings (SSSR count). The second-order valence-electron chi connectivity index (χ2n) is 12.9. The Balaban J connectivity index is 1.21. The van der Waals surface area contributed by atoms with Gasteiger partial charge in [0.15, 0.2) is 0 Å². The molecule has 0 atom stereocenters. The highest BCUT2D eigenvalue weighted by Crippen LogP contribution is 2.40. The largest absolute Gasteiger partial charge is 0.135 e. The van der Waals surface area contributed by atoms with Crippen LogP contribution in [-0.4, -0.2) is 0 Å². The van der Waals surface area contributed by atoms with Crippen LogP contribution in [0.15, 0.2) is 194 Å². The van der Waals surface area contributed by atoms with Crippen LogP contribution < -0.4 is 10.4 Å². The molecule has 1 heteroatoms. The van der Waals surface area contributed by atoms with E-state index in [0.29, 0.717) is 0 Å². The Morgan fingerprint density at radius 1 is 0.480 bits per heavy atom. The van der Waals surface area contributed by atoms with E-state index in [9.17, 15) is 0 Å². The molecule has 0 unspecified atom stereocenters. The van der Waals surface area contributed by atoms with Crippen molar-refractivity contribution in [1.29, 1.82) is 0 Å². The van der Waals surface area contributed by atoms with Crippen molar-refractivity contribution in [3.05, 3.63) is 216 Å². The van der Waals surface area contributed by atoms with E-state index < -0.39 is 0 Å². The molecule has 7 aromatic carbocycles. The molecule has 0 N–H and O–H groups in total. The number of hydrogen-bond donors (Lipinski definition) is 0. The van der Waals surface area contributed by atoms with Gasteiger partial charge in [0.25, 0.3) is 0 Å². The third-order valence-corrected chi connectivity index (χ3v) is 11.1. The molecule has 0 saturated heterocycles. The van der Waals surface area contributed by atoms with Crippen molar-refractivity contribution < 1.29 is 0 Å². The lowest BCUT2D eigenvalue weighted by molar-refractivity contribution is 1.32. The Morgan fingerprint density at radius 3 is 2.06 bits per heavy atom. The quantitative estimate of drug-likeness (QED) is 0.177. The summed E-state index contributed by atoms with van der Waals surface area (Å²) in [6, 6.07) is 57.7. The average Bonchev–Trinajstić information content (AvgIpc) is 3.56. The fourth-order valence-electron chi connectivity index (χ4n) is 7.43. The third kappa shape index (κ3) is 5.43. The van der Waals surface area contributed by atoms with E-state index in [4.69, 9.17) is 0 Å². The summed E-state index contributed by atoms with van der Waals surface area (Å²) in [5.41, 5.74) is 10.8. The number of hydrogen-bond acceptors (Lipinski definition) is 1. The smallest absolute Gasteiger partial charge is 0.0433 e. The molecule has 0 radical (unpaired) electrons. The highest BCUT2D eigenvalue weighted by molar-refractivity contribution is 7.26. The van der Waals surface area contributed by atoms with Gasteiger partial charge in [0.2, 0.25) is 0 Å². The summed E-state index contributed by atoms with van der Waals surface area (Å²) < 4.78 is 2.68. The zero-order valence-electron chi connectivity index (χ0n) is 27.6. The van der Waals surface area contributed by atoms with Gasteiger partial charge in [-0.15, -0.1) is 11.3 Å². The van der Waals surface area contributed by atoms with Crippen LogP contribution >= 0.6 is 11.3 Å². The van der Waals surface area contributed by atoms with E-state index in [1.165, 1.54) is 74.8 Å². The Labute approximate surface area is 296 Å². The van der Waals surface area contributed by atoms with Gasteiger partial charge in [-0.25, -0.2) is 0 Å². The first kappa shape index (κ1) is 30.1. The van der Waals surface area contributed by atoms with E-state index in [1.54, 1.807) is 0 Å². The number of fused-ring (bicyclic) bond motifs is 5. The third-order valence-electron chi connectivity index (χ3n) is 9.89. The lowest BCUT2D eigenvalue weighted by Crippen LogP contribution is -2.30. The van der Waals surface area contributed by atoms with E-state index >= 15 is 0 Å². The van der Waals surface area contributed by atoms with Gasteiger partial charge in [-0.2, -0.15) is 0 Å². The molecule has 1 aromatic heterocycles. The Morgan fingerprint density at radius 2 is 1.16 bits per heavy atom. The van der Waals surface area contributed by atoms with Crippen LogP contribution in [0.5, 0.6) is 0 Å². The number of allylic oxidation sites excluding steroid dienone is 5. The van der Waals surface area contributed by atoms with Crippen molar-refractivity contribution in [2.45, 2.75) is 6.42 Å². The van der Waals surface area contributed by atoms with Gasteiger partial charge in [0.1, 0.15) is 0 Å². The zero-order chi connectivity index (χ0) is 33.4. The highest BCUT2D eigenvalue weighted by atomic mass is 32.1. The van der Waals surface area contributed by atoms with Crippen LogP contribution in [0.25, 0.3) is 64.3 Å². The van der Waals surface area contributed by atoms with Gasteiger partial charge in [0.05, 0.1) is 0 Å². The molecular formula is C49H34S. The van der Waals surface area contributed by atoms with Crippen LogP contribution in [0.3, 0.4) is 0 Å². The molecule has 1 aliphatic carbocycles. The average molecular weight is 655 g/mol. The second kappa shape index (κ2) is 12.8. The minimum absolute atomic E-state index is 0.823. The fraction of sp³-hybridized carbons (Fsp3) is 0.0204. The van der Waals surface area contributed by atoms with Crippen molar-refractivity contribution in [2.75, 3.05) is 0 Å². The van der Waals surface area contributed by atoms with E-state index in [0.717, 1.165) is 23.1 Å². The van der Waals surface area contributed by atoms with Crippen molar-refractivity contribution in [2.24, 2.45) is 0 Å². The molecule has 0 bridgehead atoms. The molecule has 0 aliphatic heterocycles. The summed E-state index contributed by atoms with van der Waals surface area (Å²) in [6.45, 7) is 4.61. The molecule has 236 valence electrons. The van der Waals surface area contributed by atoms with Crippen LogP contribution in [0.2, 0.25) is 0 Å². The molecule has 0 spiro atoms.